The zero-order valence-electron chi connectivity index (χ0n) is 32.2. The molecule has 12 nitrogen and oxygen atoms in total. The highest BCUT2D eigenvalue weighted by molar-refractivity contribution is 5.92. The number of hydrogen-bond acceptors (Lipinski definition) is 11. The zero-order valence-corrected chi connectivity index (χ0v) is 32.2. The molecule has 0 atom stereocenters. The molecule has 8 rings (SSSR count). The number of anilines is 4. The van der Waals surface area contributed by atoms with Crippen LogP contribution in [0.4, 0.5) is 45.2 Å². The maximum absolute atomic E-state index is 14.2. The van der Waals surface area contributed by atoms with Gasteiger partial charge in [0.15, 0.2) is 5.82 Å². The molecule has 0 unspecified atom stereocenters. The number of hydrogen-bond donors (Lipinski definition) is 5. The summed E-state index contributed by atoms with van der Waals surface area (Å²) in [6.45, 7) is 4.05. The summed E-state index contributed by atoms with van der Waals surface area (Å²) in [7, 11) is 0. The number of aromatic nitrogens is 8. The first kappa shape index (κ1) is 40.4. The number of pyridine rings is 2. The van der Waals surface area contributed by atoms with Crippen molar-refractivity contribution in [1.29, 1.82) is 0 Å². The fourth-order valence-electron chi connectivity index (χ4n) is 6.66. The summed E-state index contributed by atoms with van der Waals surface area (Å²) in [5, 5.41) is 32.9. The van der Waals surface area contributed by atoms with Crippen LogP contribution >= 0.6 is 0 Å². The van der Waals surface area contributed by atoms with E-state index >= 15 is 0 Å². The molecule has 0 aliphatic heterocycles. The van der Waals surface area contributed by atoms with E-state index in [1.54, 1.807) is 67.0 Å². The van der Waals surface area contributed by atoms with Gasteiger partial charge in [-0.2, -0.15) is 18.3 Å². The van der Waals surface area contributed by atoms with Gasteiger partial charge in [-0.1, -0.05) is 38.5 Å². The molecule has 1 aliphatic carbocycles. The van der Waals surface area contributed by atoms with Crippen LogP contribution in [0.5, 0.6) is 0 Å². The lowest BCUT2D eigenvalue weighted by molar-refractivity contribution is -0.115. The lowest BCUT2D eigenvalue weighted by Gasteiger charge is -2.41. The van der Waals surface area contributed by atoms with Crippen molar-refractivity contribution in [2.45, 2.75) is 50.1 Å². The van der Waals surface area contributed by atoms with Crippen molar-refractivity contribution in [1.82, 2.24) is 40.6 Å². The Morgan fingerprint density at radius 1 is 0.746 bits per heavy atom. The van der Waals surface area contributed by atoms with Crippen molar-refractivity contribution in [2.24, 2.45) is 0 Å². The highest BCUT2D eigenvalue weighted by Crippen LogP contribution is 2.43. The predicted molar refractivity (Wildman–Crippen MR) is 217 cm³/mol. The second-order valence-corrected chi connectivity index (χ2v) is 14.9. The summed E-state index contributed by atoms with van der Waals surface area (Å²) in [5.74, 6) is 1.30. The number of benzene rings is 2. The van der Waals surface area contributed by atoms with E-state index in [1.165, 1.54) is 18.2 Å². The molecule has 2 aromatic carbocycles. The number of H-pyrrole nitrogens is 1. The maximum atomic E-state index is 14.2. The van der Waals surface area contributed by atoms with E-state index in [-0.39, 0.29) is 28.3 Å². The number of nitrogens with zero attached hydrogens (tertiary/aromatic N) is 7. The van der Waals surface area contributed by atoms with E-state index in [1.807, 2.05) is 32.0 Å². The molecule has 304 valence electrons. The second-order valence-electron chi connectivity index (χ2n) is 14.9. The van der Waals surface area contributed by atoms with Crippen LogP contribution in [0.1, 0.15) is 44.4 Å². The molecule has 0 radical (unpaired) electrons. The third-order valence-corrected chi connectivity index (χ3v) is 10.2. The van der Waals surface area contributed by atoms with E-state index in [0.29, 0.717) is 58.4 Å². The minimum absolute atomic E-state index is 0.124. The Morgan fingerprint density at radius 3 is 2.05 bits per heavy atom. The topological polar surface area (TPSA) is 168 Å². The van der Waals surface area contributed by atoms with Crippen LogP contribution in [0.15, 0.2) is 103 Å². The van der Waals surface area contributed by atoms with Crippen LogP contribution in [0, 0.1) is 11.6 Å². The smallest absolute Gasteiger partial charge is 0.384 e. The molecule has 6 N–H and O–H groups in total. The lowest BCUT2D eigenvalue weighted by Crippen LogP contribution is -2.42. The van der Waals surface area contributed by atoms with Gasteiger partial charge in [-0.25, -0.2) is 13.8 Å². The molecule has 1 fully saturated rings. The molecule has 7 aromatic rings. The minimum Gasteiger partial charge on any atom is -0.384 e. The summed E-state index contributed by atoms with van der Waals surface area (Å²) in [4.78, 5) is 8.34. The number of nitrogens with one attached hydrogen (secondary N) is 4. The van der Waals surface area contributed by atoms with E-state index in [9.17, 15) is 22.0 Å². The number of rotatable bonds is 12. The van der Waals surface area contributed by atoms with Crippen LogP contribution < -0.4 is 21.7 Å². The monoisotopic (exact) mass is 808 g/mol. The predicted octanol–water partition coefficient (Wildman–Crippen LogP) is 8.71. The molecule has 0 bridgehead atoms. The van der Waals surface area contributed by atoms with Crippen molar-refractivity contribution < 1.29 is 22.0 Å². The van der Waals surface area contributed by atoms with Gasteiger partial charge in [-0.05, 0) is 91.2 Å². The number of aromatic amines is 1. The molecular weight excluding hydrogens is 768 g/mol. The van der Waals surface area contributed by atoms with Gasteiger partial charge in [-0.15, -0.1) is 20.4 Å². The van der Waals surface area contributed by atoms with E-state index in [0.717, 1.165) is 36.1 Å². The van der Waals surface area contributed by atoms with Crippen molar-refractivity contribution in [3.05, 3.63) is 126 Å². The average Bonchev–Trinajstić information content (AvgIpc) is 3.63. The van der Waals surface area contributed by atoms with Crippen LogP contribution in [-0.2, 0) is 10.8 Å². The quantitative estimate of drug-likeness (QED) is 0.0749. The van der Waals surface area contributed by atoms with Crippen LogP contribution in [0.2, 0.25) is 0 Å². The molecule has 59 heavy (non-hydrogen) atoms. The van der Waals surface area contributed by atoms with Gasteiger partial charge in [0.05, 0.1) is 22.6 Å². The van der Waals surface area contributed by atoms with Gasteiger partial charge in [0.1, 0.15) is 35.6 Å². The third-order valence-electron chi connectivity index (χ3n) is 10.2. The van der Waals surface area contributed by atoms with Crippen LogP contribution in [-0.4, -0.2) is 66.4 Å². The largest absolute Gasteiger partial charge is 0.405 e. The standard InChI is InChI=1S/C23H22F4N6.C19H19FN6/c1-22(2,15-4-6-16(24)7-5-15)12-28-20-10-9-18(30-32-20)14-3-8-19-17(11-14)21(33-31-19)29-13-23(25,26)27;20-14-3-1-10-22-18(14)19(8-2-9-19)12-24-17-7-5-15(25-26-17)13-4-6-16(21)23-11-13/h3-11H,12-13H2,1-2H3,(H,28,32)(H2,29,31,33);1,3-7,10-11H,2,8-9,12H2,(H2,21,23)(H,24,26). The SMILES string of the molecule is CC(C)(CNc1ccc(-c2ccc3[nH]nc(NCC(F)(F)F)c3c2)nn1)c1ccc(F)cc1.Nc1ccc(-c2ccc(NCC3(c4ncccc4F)CCC3)nn2)cn1. The first-order valence-electron chi connectivity index (χ1n) is 18.8. The molecule has 17 heteroatoms. The molecule has 0 spiro atoms. The van der Waals surface area contributed by atoms with Gasteiger partial charge in [0.25, 0.3) is 0 Å². The van der Waals surface area contributed by atoms with Crippen molar-refractivity contribution in [3.63, 3.8) is 0 Å². The van der Waals surface area contributed by atoms with Gasteiger partial charge in [0, 0.05) is 52.8 Å². The minimum atomic E-state index is -4.34. The number of nitrogen functional groups attached to an aromatic ring is 1. The van der Waals surface area contributed by atoms with Crippen molar-refractivity contribution in [3.8, 4) is 22.5 Å². The molecule has 0 amide bonds. The van der Waals surface area contributed by atoms with Crippen molar-refractivity contribution >= 4 is 34.2 Å². The molecule has 5 aromatic heterocycles. The molecule has 1 saturated carbocycles. The highest BCUT2D eigenvalue weighted by atomic mass is 19.4. The first-order valence-corrected chi connectivity index (χ1v) is 18.8. The summed E-state index contributed by atoms with van der Waals surface area (Å²) >= 11 is 0. The fraction of sp³-hybridized carbons (Fsp3) is 0.262. The Morgan fingerprint density at radius 2 is 1.44 bits per heavy atom. The fourth-order valence-corrected chi connectivity index (χ4v) is 6.66. The molecule has 5 heterocycles. The first-order chi connectivity index (χ1) is 28.3. The van der Waals surface area contributed by atoms with Crippen LogP contribution in [0.25, 0.3) is 33.4 Å². The summed E-state index contributed by atoms with van der Waals surface area (Å²) in [5.41, 5.74) is 10.0. The second kappa shape index (κ2) is 17.0. The van der Waals surface area contributed by atoms with Gasteiger partial charge in [0.2, 0.25) is 0 Å². The van der Waals surface area contributed by atoms with Gasteiger partial charge < -0.3 is 21.7 Å². The highest BCUT2D eigenvalue weighted by Gasteiger charge is 2.42. The van der Waals surface area contributed by atoms with Gasteiger partial charge in [-0.3, -0.25) is 10.1 Å². The van der Waals surface area contributed by atoms with E-state index < -0.39 is 12.7 Å². The van der Waals surface area contributed by atoms with E-state index in [2.05, 4.69) is 56.5 Å². The number of nitrogens with two attached hydrogens (primary N) is 1. The normalized spacial score (nSPS) is 13.5. The van der Waals surface area contributed by atoms with Crippen LogP contribution in [0.3, 0.4) is 0 Å². The van der Waals surface area contributed by atoms with E-state index in [4.69, 9.17) is 5.73 Å². The Bertz CT molecular complexity index is 2470. The lowest BCUT2D eigenvalue weighted by atomic mass is 9.66. The third kappa shape index (κ3) is 9.85. The zero-order chi connectivity index (χ0) is 41.6. The maximum Gasteiger partial charge on any atom is 0.405 e. The number of halogens is 5. The Kier molecular flexibility index (Phi) is 11.6. The number of alkyl halides is 3. The Labute approximate surface area is 336 Å². The summed E-state index contributed by atoms with van der Waals surface area (Å²) < 4.78 is 65.0. The molecule has 0 saturated heterocycles. The molecule has 1 aliphatic rings. The number of fused-ring (bicyclic) bond motifs is 1. The van der Waals surface area contributed by atoms with Gasteiger partial charge >= 0.3 is 6.18 Å². The molecular formula is C42H41F5N12. The Balaban J connectivity index is 0.000000184. The summed E-state index contributed by atoms with van der Waals surface area (Å²) in [6.07, 6.45) is 1.87. The Hall–Kier alpha value is -6.78. The van der Waals surface area contributed by atoms with Crippen molar-refractivity contribution in [2.75, 3.05) is 41.3 Å². The average molecular weight is 809 g/mol. The summed E-state index contributed by atoms with van der Waals surface area (Å²) in [6, 6.07) is 25.6.